The van der Waals surface area contributed by atoms with Gasteiger partial charge in [0, 0.05) is 6.92 Å². The Morgan fingerprint density at radius 2 is 1.47 bits per heavy atom. The van der Waals surface area contributed by atoms with Crippen LogP contribution in [0.5, 0.6) is 0 Å². The number of amides is 4. The maximum atomic E-state index is 11.3. The van der Waals surface area contributed by atoms with Crippen LogP contribution in [-0.2, 0) is 9.59 Å². The molecule has 6 N–H and O–H groups in total. The van der Waals surface area contributed by atoms with Crippen molar-refractivity contribution in [2.24, 2.45) is 11.7 Å². The van der Waals surface area contributed by atoms with Crippen molar-refractivity contribution in [3.8, 4) is 0 Å². The van der Waals surface area contributed by atoms with E-state index >= 15 is 0 Å². The van der Waals surface area contributed by atoms with Gasteiger partial charge in [-0.2, -0.15) is 0 Å². The van der Waals surface area contributed by atoms with Gasteiger partial charge in [0.15, 0.2) is 0 Å². The molecule has 0 aliphatic carbocycles. The van der Waals surface area contributed by atoms with Crippen LogP contribution in [0.25, 0.3) is 0 Å². The molecule has 0 saturated carbocycles. The molecule has 17 heavy (non-hydrogen) atoms. The van der Waals surface area contributed by atoms with Crippen LogP contribution in [-0.4, -0.2) is 23.9 Å². The second-order valence-corrected chi connectivity index (χ2v) is 3.52. The third kappa shape index (κ3) is 8.29. The number of hydrogen-bond donors (Lipinski definition) is 5. The summed E-state index contributed by atoms with van der Waals surface area (Å²) in [4.78, 5) is 32.6. The van der Waals surface area contributed by atoms with Crippen LogP contribution in [0.15, 0.2) is 0 Å². The molecular formula is C8H18ClN5O3. The zero-order valence-corrected chi connectivity index (χ0v) is 10.7. The van der Waals surface area contributed by atoms with E-state index in [1.54, 1.807) is 13.8 Å². The Hall–Kier alpha value is -1.54. The molecule has 0 aliphatic rings. The largest absolute Gasteiger partial charge is 0.352 e. The first-order chi connectivity index (χ1) is 7.34. The van der Waals surface area contributed by atoms with Gasteiger partial charge in [-0.25, -0.2) is 15.6 Å². The fraction of sp³-hybridized carbons (Fsp3) is 0.625. The lowest BCUT2D eigenvalue weighted by molar-refractivity contribution is -0.123. The maximum Gasteiger partial charge on any atom is 0.352 e. The molecule has 0 saturated heterocycles. The van der Waals surface area contributed by atoms with Gasteiger partial charge in [0.25, 0.3) is 5.91 Å². The highest BCUT2D eigenvalue weighted by Gasteiger charge is 2.17. The Morgan fingerprint density at radius 3 is 1.88 bits per heavy atom. The molecule has 0 fully saturated rings. The second-order valence-electron chi connectivity index (χ2n) is 3.52. The van der Waals surface area contributed by atoms with E-state index in [1.807, 2.05) is 16.3 Å². The van der Waals surface area contributed by atoms with E-state index in [0.29, 0.717) is 0 Å². The van der Waals surface area contributed by atoms with E-state index in [4.69, 9.17) is 5.73 Å². The van der Waals surface area contributed by atoms with Crippen molar-refractivity contribution in [3.63, 3.8) is 0 Å². The first-order valence-corrected chi connectivity index (χ1v) is 4.72. The molecule has 0 unspecified atom stereocenters. The minimum absolute atomic E-state index is 0. The summed E-state index contributed by atoms with van der Waals surface area (Å²) in [7, 11) is 0. The number of halogens is 1. The third-order valence-corrected chi connectivity index (χ3v) is 1.67. The van der Waals surface area contributed by atoms with Crippen molar-refractivity contribution in [2.45, 2.75) is 26.8 Å². The lowest BCUT2D eigenvalue weighted by atomic mass is 10.1. The minimum Gasteiger partial charge on any atom is -0.320 e. The van der Waals surface area contributed by atoms with E-state index in [0.717, 1.165) is 0 Å². The van der Waals surface area contributed by atoms with Crippen LogP contribution in [0.1, 0.15) is 20.8 Å². The number of carbonyl (C=O) groups excluding carboxylic acids is 3. The van der Waals surface area contributed by atoms with Crippen molar-refractivity contribution in [1.29, 1.82) is 0 Å². The molecule has 9 heteroatoms. The van der Waals surface area contributed by atoms with Gasteiger partial charge in [-0.1, -0.05) is 13.8 Å². The molecule has 1 atom stereocenters. The van der Waals surface area contributed by atoms with Crippen molar-refractivity contribution >= 4 is 30.3 Å². The van der Waals surface area contributed by atoms with Gasteiger partial charge in [0.2, 0.25) is 5.91 Å². The fourth-order valence-corrected chi connectivity index (χ4v) is 0.680. The normalized spacial score (nSPS) is 10.9. The fourth-order valence-electron chi connectivity index (χ4n) is 0.680. The van der Waals surface area contributed by atoms with Crippen LogP contribution in [0.4, 0.5) is 4.79 Å². The quantitative estimate of drug-likeness (QED) is 0.402. The monoisotopic (exact) mass is 267 g/mol. The number of rotatable bonds is 2. The average molecular weight is 268 g/mol. The standard InChI is InChI=1S/C8H17N5O3.ClH/c1-4(2)6(9)7(15)11-13-8(16)12-10-5(3)14;/h4,6H,9H2,1-3H3,(H,10,14)(H,11,15)(H2,12,13,16);1H/t6-;/m0./s1. The van der Waals surface area contributed by atoms with Crippen molar-refractivity contribution in [2.75, 3.05) is 0 Å². The Balaban J connectivity index is 0. The van der Waals surface area contributed by atoms with Crippen LogP contribution in [0.3, 0.4) is 0 Å². The van der Waals surface area contributed by atoms with Gasteiger partial charge in [0.05, 0.1) is 6.04 Å². The summed E-state index contributed by atoms with van der Waals surface area (Å²) in [6.45, 7) is 4.79. The van der Waals surface area contributed by atoms with Gasteiger partial charge >= 0.3 is 6.03 Å². The summed E-state index contributed by atoms with van der Waals surface area (Å²) in [6, 6.07) is -1.47. The zero-order valence-electron chi connectivity index (χ0n) is 9.87. The van der Waals surface area contributed by atoms with Gasteiger partial charge in [-0.3, -0.25) is 20.4 Å². The molecule has 8 nitrogen and oxygen atoms in total. The predicted molar refractivity (Wildman–Crippen MR) is 63.7 cm³/mol. The van der Waals surface area contributed by atoms with E-state index in [-0.39, 0.29) is 18.3 Å². The SMILES string of the molecule is CC(=O)NNC(=O)NNC(=O)[C@@H](N)C(C)C.Cl. The van der Waals surface area contributed by atoms with Crippen LogP contribution < -0.4 is 27.4 Å². The molecule has 0 heterocycles. The van der Waals surface area contributed by atoms with E-state index in [2.05, 4.69) is 5.43 Å². The van der Waals surface area contributed by atoms with E-state index in [1.165, 1.54) is 6.92 Å². The lowest BCUT2D eigenvalue weighted by Crippen LogP contribution is -2.56. The molecule has 0 aromatic rings. The maximum absolute atomic E-state index is 11.3. The topological polar surface area (TPSA) is 125 Å². The molecule has 100 valence electrons. The van der Waals surface area contributed by atoms with Crippen molar-refractivity contribution in [3.05, 3.63) is 0 Å². The molecule has 0 radical (unpaired) electrons. The number of urea groups is 1. The zero-order chi connectivity index (χ0) is 12.7. The highest BCUT2D eigenvalue weighted by atomic mass is 35.5. The first-order valence-electron chi connectivity index (χ1n) is 4.72. The number of carbonyl (C=O) groups is 3. The molecular weight excluding hydrogens is 250 g/mol. The van der Waals surface area contributed by atoms with Gasteiger partial charge in [-0.05, 0) is 5.92 Å². The summed E-state index contributed by atoms with van der Waals surface area (Å²) in [5.41, 5.74) is 13.7. The molecule has 0 bridgehead atoms. The molecule has 0 spiro atoms. The lowest BCUT2D eigenvalue weighted by Gasteiger charge is -2.15. The summed E-state index contributed by atoms with van der Waals surface area (Å²) >= 11 is 0. The molecule has 0 aromatic carbocycles. The third-order valence-electron chi connectivity index (χ3n) is 1.67. The summed E-state index contributed by atoms with van der Waals surface area (Å²) in [5, 5.41) is 0. The highest BCUT2D eigenvalue weighted by molar-refractivity contribution is 5.85. The Morgan fingerprint density at radius 1 is 1.00 bits per heavy atom. The van der Waals surface area contributed by atoms with E-state index in [9.17, 15) is 14.4 Å². The summed E-state index contributed by atoms with van der Waals surface area (Å²) in [6.07, 6.45) is 0. The number of hydrazine groups is 2. The van der Waals surface area contributed by atoms with Crippen LogP contribution >= 0.6 is 12.4 Å². The predicted octanol–water partition coefficient (Wildman–Crippen LogP) is -1.23. The van der Waals surface area contributed by atoms with Crippen LogP contribution in [0, 0.1) is 5.92 Å². The first kappa shape index (κ1) is 17.8. The summed E-state index contributed by atoms with van der Waals surface area (Å²) < 4.78 is 0. The average Bonchev–Trinajstić information content (AvgIpc) is 2.21. The minimum atomic E-state index is -0.764. The molecule has 0 aliphatic heterocycles. The van der Waals surface area contributed by atoms with Crippen molar-refractivity contribution < 1.29 is 14.4 Å². The number of nitrogens with one attached hydrogen (secondary N) is 4. The van der Waals surface area contributed by atoms with Gasteiger partial charge < -0.3 is 5.73 Å². The smallest absolute Gasteiger partial charge is 0.320 e. The Kier molecular flexibility index (Phi) is 9.02. The van der Waals surface area contributed by atoms with Gasteiger partial charge in [-0.15, -0.1) is 12.4 Å². The molecule has 0 rings (SSSR count). The van der Waals surface area contributed by atoms with E-state index < -0.39 is 23.9 Å². The number of nitrogens with two attached hydrogens (primary N) is 1. The van der Waals surface area contributed by atoms with Gasteiger partial charge in [0.1, 0.15) is 0 Å². The Bertz CT molecular complexity index is 284. The highest BCUT2D eigenvalue weighted by Crippen LogP contribution is 1.96. The van der Waals surface area contributed by atoms with Crippen LogP contribution in [0.2, 0.25) is 0 Å². The molecule has 4 amide bonds. The Labute approximate surface area is 105 Å². The molecule has 0 aromatic heterocycles. The van der Waals surface area contributed by atoms with Crippen molar-refractivity contribution in [1.82, 2.24) is 21.7 Å². The second kappa shape index (κ2) is 8.59. The summed E-state index contributed by atoms with van der Waals surface area (Å²) in [5.74, 6) is -0.978. The number of hydrogen-bond acceptors (Lipinski definition) is 4.